The third kappa shape index (κ3) is 2.84. The molecule has 0 amide bonds. The van der Waals surface area contributed by atoms with Crippen molar-refractivity contribution in [2.24, 2.45) is 0 Å². The maximum Gasteiger partial charge on any atom is 0.138 e. The second-order valence-corrected chi connectivity index (χ2v) is 8.43. The smallest absolute Gasteiger partial charge is 0.138 e. The van der Waals surface area contributed by atoms with Crippen molar-refractivity contribution in [1.29, 1.82) is 0 Å². The monoisotopic (exact) mass is 332 g/mol. The van der Waals surface area contributed by atoms with E-state index >= 15 is 0 Å². The summed E-state index contributed by atoms with van der Waals surface area (Å²) in [5.74, 6) is 1.01. The van der Waals surface area contributed by atoms with Gasteiger partial charge in [-0.15, -0.1) is 11.3 Å². The maximum absolute atomic E-state index is 12.1. The van der Waals surface area contributed by atoms with Gasteiger partial charge in [0.15, 0.2) is 0 Å². The lowest BCUT2D eigenvalue weighted by molar-refractivity contribution is -0.868. The number of aryl methyl sites for hydroxylation is 2. The van der Waals surface area contributed by atoms with Gasteiger partial charge in [-0.05, 0) is 37.7 Å². The van der Waals surface area contributed by atoms with E-state index in [0.29, 0.717) is 6.04 Å². The topological polar surface area (TPSA) is 60.9 Å². The SMILES string of the molecule is C[N+](C)([O-])C1CCC(Nc2ncnc3sc4c(c23)CCC4)CC1. The number of fused-ring (bicyclic) bond motifs is 3. The molecule has 5 nitrogen and oxygen atoms in total. The van der Waals surface area contributed by atoms with Gasteiger partial charge in [0.1, 0.15) is 17.0 Å². The van der Waals surface area contributed by atoms with Gasteiger partial charge in [-0.1, -0.05) is 0 Å². The lowest BCUT2D eigenvalue weighted by Gasteiger charge is -2.45. The molecule has 2 heterocycles. The minimum atomic E-state index is -0.164. The van der Waals surface area contributed by atoms with Crippen LogP contribution < -0.4 is 5.32 Å². The summed E-state index contributed by atoms with van der Waals surface area (Å²) in [7, 11) is 3.53. The summed E-state index contributed by atoms with van der Waals surface area (Å²) in [6.07, 6.45) is 9.36. The molecule has 0 aromatic carbocycles. The summed E-state index contributed by atoms with van der Waals surface area (Å²) in [6.45, 7) is 0. The summed E-state index contributed by atoms with van der Waals surface area (Å²) < 4.78 is -0.164. The summed E-state index contributed by atoms with van der Waals surface area (Å²) >= 11 is 1.83. The van der Waals surface area contributed by atoms with Crippen LogP contribution in [-0.4, -0.2) is 40.8 Å². The second-order valence-electron chi connectivity index (χ2n) is 7.34. The van der Waals surface area contributed by atoms with Crippen LogP contribution in [0.15, 0.2) is 6.33 Å². The number of nitrogens with one attached hydrogen (secondary N) is 1. The van der Waals surface area contributed by atoms with Crippen LogP contribution in [0.3, 0.4) is 0 Å². The molecule has 0 spiro atoms. The van der Waals surface area contributed by atoms with Crippen LogP contribution in [0, 0.1) is 5.21 Å². The van der Waals surface area contributed by atoms with Crippen LogP contribution in [-0.2, 0) is 12.8 Å². The Balaban J connectivity index is 1.53. The maximum atomic E-state index is 12.1. The Hall–Kier alpha value is -1.24. The summed E-state index contributed by atoms with van der Waals surface area (Å²) in [5.41, 5.74) is 1.47. The predicted molar refractivity (Wildman–Crippen MR) is 94.6 cm³/mol. The largest absolute Gasteiger partial charge is 0.633 e. The van der Waals surface area contributed by atoms with E-state index in [1.165, 1.54) is 28.7 Å². The number of hydrogen-bond donors (Lipinski definition) is 1. The van der Waals surface area contributed by atoms with Gasteiger partial charge in [-0.2, -0.15) is 0 Å². The zero-order valence-corrected chi connectivity index (χ0v) is 14.7. The lowest BCUT2D eigenvalue weighted by Crippen LogP contribution is -2.46. The Morgan fingerprint density at radius 2 is 1.96 bits per heavy atom. The van der Waals surface area contributed by atoms with E-state index in [2.05, 4.69) is 15.3 Å². The molecule has 0 radical (unpaired) electrons. The minimum Gasteiger partial charge on any atom is -0.633 e. The van der Waals surface area contributed by atoms with Gasteiger partial charge in [0.25, 0.3) is 0 Å². The number of thiophene rings is 1. The van der Waals surface area contributed by atoms with E-state index < -0.39 is 0 Å². The zero-order valence-electron chi connectivity index (χ0n) is 13.8. The molecular formula is C17H24N4OS. The highest BCUT2D eigenvalue weighted by Gasteiger charge is 2.29. The van der Waals surface area contributed by atoms with E-state index in [9.17, 15) is 5.21 Å². The molecule has 0 unspecified atom stereocenters. The molecule has 1 N–H and O–H groups in total. The van der Waals surface area contributed by atoms with Crippen molar-refractivity contribution in [2.45, 2.75) is 57.0 Å². The summed E-state index contributed by atoms with van der Waals surface area (Å²) in [5, 5.41) is 17.0. The molecule has 2 aromatic heterocycles. The molecule has 2 aliphatic carbocycles. The number of rotatable bonds is 3. The number of hydroxylamine groups is 3. The van der Waals surface area contributed by atoms with Crippen molar-refractivity contribution in [3.05, 3.63) is 22.0 Å². The molecule has 1 saturated carbocycles. The van der Waals surface area contributed by atoms with E-state index in [1.54, 1.807) is 20.4 Å². The number of quaternary nitrogens is 1. The van der Waals surface area contributed by atoms with E-state index in [0.717, 1.165) is 42.8 Å². The fourth-order valence-corrected chi connectivity index (χ4v) is 5.30. The van der Waals surface area contributed by atoms with Crippen LogP contribution >= 0.6 is 11.3 Å². The lowest BCUT2D eigenvalue weighted by atomic mass is 9.90. The average Bonchev–Trinajstić information content (AvgIpc) is 3.07. The molecular weight excluding hydrogens is 308 g/mol. The zero-order chi connectivity index (χ0) is 16.0. The van der Waals surface area contributed by atoms with Gasteiger partial charge in [-0.3, -0.25) is 0 Å². The highest BCUT2D eigenvalue weighted by Crippen LogP contribution is 2.39. The highest BCUT2D eigenvalue weighted by molar-refractivity contribution is 7.19. The summed E-state index contributed by atoms with van der Waals surface area (Å²) in [4.78, 5) is 11.6. The Bertz CT molecular complexity index is 713. The first kappa shape index (κ1) is 15.3. The fraction of sp³-hybridized carbons (Fsp3) is 0.647. The Labute approximate surface area is 140 Å². The van der Waals surface area contributed by atoms with Gasteiger partial charge in [0.05, 0.1) is 25.5 Å². The summed E-state index contributed by atoms with van der Waals surface area (Å²) in [6, 6.07) is 0.664. The molecule has 1 fully saturated rings. The molecule has 4 rings (SSSR count). The predicted octanol–water partition coefficient (Wildman–Crippen LogP) is 3.48. The first-order valence-corrected chi connectivity index (χ1v) is 9.40. The van der Waals surface area contributed by atoms with Crippen LogP contribution in [0.2, 0.25) is 0 Å². The molecule has 2 aromatic rings. The van der Waals surface area contributed by atoms with Crippen LogP contribution in [0.5, 0.6) is 0 Å². The second kappa shape index (κ2) is 5.69. The van der Waals surface area contributed by atoms with E-state index in [4.69, 9.17) is 0 Å². The average molecular weight is 332 g/mol. The van der Waals surface area contributed by atoms with Crippen LogP contribution in [0.25, 0.3) is 10.2 Å². The molecule has 0 saturated heterocycles. The molecule has 6 heteroatoms. The van der Waals surface area contributed by atoms with Gasteiger partial charge in [0.2, 0.25) is 0 Å². The molecule has 2 aliphatic rings. The minimum absolute atomic E-state index is 0.164. The van der Waals surface area contributed by atoms with Crippen molar-refractivity contribution in [2.75, 3.05) is 19.4 Å². The van der Waals surface area contributed by atoms with Crippen molar-refractivity contribution in [3.63, 3.8) is 0 Å². The van der Waals surface area contributed by atoms with Gasteiger partial charge < -0.3 is 15.2 Å². The molecule has 124 valence electrons. The standard InChI is InChI=1S/C17H24N4OS/c1-21(2,22)12-8-6-11(7-9-12)20-16-15-13-4-3-5-14(13)23-17(15)19-10-18-16/h10-12H,3-9H2,1-2H3,(H,18,19,20). The third-order valence-corrected chi connectivity index (χ3v) is 6.62. The third-order valence-electron chi connectivity index (χ3n) is 5.42. The van der Waals surface area contributed by atoms with Crippen molar-refractivity contribution in [1.82, 2.24) is 9.97 Å². The first-order chi connectivity index (χ1) is 11.0. The van der Waals surface area contributed by atoms with Gasteiger partial charge in [0, 0.05) is 23.8 Å². The number of anilines is 1. The Morgan fingerprint density at radius 3 is 2.70 bits per heavy atom. The first-order valence-electron chi connectivity index (χ1n) is 8.59. The van der Waals surface area contributed by atoms with Crippen molar-refractivity contribution < 1.29 is 4.65 Å². The van der Waals surface area contributed by atoms with Crippen LogP contribution in [0.1, 0.15) is 42.5 Å². The van der Waals surface area contributed by atoms with Crippen molar-refractivity contribution in [3.8, 4) is 0 Å². The number of aromatic nitrogens is 2. The number of nitrogens with zero attached hydrogens (tertiary/aromatic N) is 3. The van der Waals surface area contributed by atoms with E-state index in [-0.39, 0.29) is 10.7 Å². The Kier molecular flexibility index (Phi) is 3.78. The number of hydrogen-bond acceptors (Lipinski definition) is 5. The van der Waals surface area contributed by atoms with Gasteiger partial charge in [-0.25, -0.2) is 9.97 Å². The van der Waals surface area contributed by atoms with Gasteiger partial charge >= 0.3 is 0 Å². The Morgan fingerprint density at radius 1 is 1.17 bits per heavy atom. The molecule has 23 heavy (non-hydrogen) atoms. The molecule has 0 bridgehead atoms. The normalized spacial score (nSPS) is 24.8. The van der Waals surface area contributed by atoms with Crippen LogP contribution in [0.4, 0.5) is 5.82 Å². The molecule has 0 aliphatic heterocycles. The van der Waals surface area contributed by atoms with Crippen molar-refractivity contribution >= 4 is 27.4 Å². The fourth-order valence-electron chi connectivity index (χ4n) is 4.07. The quantitative estimate of drug-likeness (QED) is 0.690. The van der Waals surface area contributed by atoms with E-state index in [1.807, 2.05) is 11.3 Å². The molecule has 0 atom stereocenters. The highest BCUT2D eigenvalue weighted by atomic mass is 32.1.